The van der Waals surface area contributed by atoms with Gasteiger partial charge >= 0.3 is 0 Å². The van der Waals surface area contributed by atoms with E-state index in [2.05, 4.69) is 15.5 Å². The molecule has 1 aromatic heterocycles. The molecule has 13 heavy (non-hydrogen) atoms. The molecule has 0 fully saturated rings. The summed E-state index contributed by atoms with van der Waals surface area (Å²) >= 11 is 0. The Hall–Kier alpha value is -0.970. The molecule has 0 atom stereocenters. The molecule has 5 heteroatoms. The second kappa shape index (κ2) is 4.32. The highest BCUT2D eigenvalue weighted by Gasteiger charge is 2.09. The van der Waals surface area contributed by atoms with E-state index in [0.717, 1.165) is 25.8 Å². The van der Waals surface area contributed by atoms with Crippen molar-refractivity contribution in [3.05, 3.63) is 6.33 Å². The van der Waals surface area contributed by atoms with Gasteiger partial charge in [-0.25, -0.2) is 4.68 Å². The summed E-state index contributed by atoms with van der Waals surface area (Å²) in [6, 6.07) is 0. The zero-order valence-electron chi connectivity index (χ0n) is 8.27. The quantitative estimate of drug-likeness (QED) is 0.678. The zero-order chi connectivity index (χ0) is 9.73. The lowest BCUT2D eigenvalue weighted by molar-refractivity contribution is 0.430. The molecular formula is C8H17N5. The first kappa shape index (κ1) is 10.1. The Balaban J connectivity index is 2.09. The van der Waals surface area contributed by atoms with Crippen molar-refractivity contribution in [3.63, 3.8) is 0 Å². The van der Waals surface area contributed by atoms with E-state index in [1.807, 2.05) is 13.8 Å². The molecule has 0 aliphatic carbocycles. The molecule has 0 aromatic carbocycles. The van der Waals surface area contributed by atoms with E-state index in [1.165, 1.54) is 0 Å². The van der Waals surface area contributed by atoms with Crippen molar-refractivity contribution >= 4 is 0 Å². The van der Waals surface area contributed by atoms with Crippen LogP contribution in [-0.4, -0.2) is 25.7 Å². The van der Waals surface area contributed by atoms with Crippen molar-refractivity contribution in [1.82, 2.24) is 20.2 Å². The van der Waals surface area contributed by atoms with Crippen LogP contribution in [0, 0.1) is 0 Å². The number of rotatable bonds is 5. The van der Waals surface area contributed by atoms with Crippen molar-refractivity contribution in [2.24, 2.45) is 5.73 Å². The van der Waals surface area contributed by atoms with Gasteiger partial charge in [0.05, 0.1) is 0 Å². The van der Waals surface area contributed by atoms with Gasteiger partial charge in [0, 0.05) is 12.1 Å². The molecule has 0 spiro atoms. The molecule has 1 aromatic rings. The Morgan fingerprint density at radius 1 is 1.38 bits per heavy atom. The fourth-order valence-electron chi connectivity index (χ4n) is 1.14. The first-order valence-electron chi connectivity index (χ1n) is 4.57. The van der Waals surface area contributed by atoms with Gasteiger partial charge in [-0.05, 0) is 43.5 Å². The van der Waals surface area contributed by atoms with E-state index < -0.39 is 0 Å². The van der Waals surface area contributed by atoms with Crippen LogP contribution in [0.1, 0.15) is 33.1 Å². The van der Waals surface area contributed by atoms with Gasteiger partial charge in [0.25, 0.3) is 0 Å². The number of hydrogen-bond acceptors (Lipinski definition) is 4. The van der Waals surface area contributed by atoms with Crippen molar-refractivity contribution in [2.75, 3.05) is 0 Å². The Labute approximate surface area is 78.3 Å². The third kappa shape index (κ3) is 4.57. The molecule has 74 valence electrons. The van der Waals surface area contributed by atoms with Crippen molar-refractivity contribution in [2.45, 2.75) is 45.2 Å². The highest BCUT2D eigenvalue weighted by Crippen LogP contribution is 2.09. The predicted molar refractivity (Wildman–Crippen MR) is 49.9 cm³/mol. The van der Waals surface area contributed by atoms with Crippen LogP contribution in [0.5, 0.6) is 0 Å². The van der Waals surface area contributed by atoms with Crippen LogP contribution in [-0.2, 0) is 6.54 Å². The molecule has 0 radical (unpaired) electrons. The van der Waals surface area contributed by atoms with Crippen LogP contribution in [0.4, 0.5) is 0 Å². The zero-order valence-corrected chi connectivity index (χ0v) is 8.27. The van der Waals surface area contributed by atoms with E-state index in [4.69, 9.17) is 5.73 Å². The van der Waals surface area contributed by atoms with Crippen molar-refractivity contribution < 1.29 is 0 Å². The summed E-state index contributed by atoms with van der Waals surface area (Å²) < 4.78 is 1.74. The third-order valence-corrected chi connectivity index (χ3v) is 1.85. The molecule has 0 amide bonds. The van der Waals surface area contributed by atoms with Crippen LogP contribution in [0.2, 0.25) is 0 Å². The molecule has 1 heterocycles. The number of hydrogen-bond donors (Lipinski definition) is 1. The lowest BCUT2D eigenvalue weighted by Crippen LogP contribution is -2.31. The summed E-state index contributed by atoms with van der Waals surface area (Å²) in [5, 5.41) is 10.9. The highest BCUT2D eigenvalue weighted by molar-refractivity contribution is 4.70. The molecule has 0 saturated carbocycles. The Morgan fingerprint density at radius 2 is 2.15 bits per heavy atom. The first-order chi connectivity index (χ1) is 6.08. The summed E-state index contributed by atoms with van der Waals surface area (Å²) in [7, 11) is 0. The average molecular weight is 183 g/mol. The fourth-order valence-corrected chi connectivity index (χ4v) is 1.14. The molecule has 0 aliphatic rings. The molecule has 0 aliphatic heterocycles. The van der Waals surface area contributed by atoms with Crippen LogP contribution in [0.25, 0.3) is 0 Å². The molecule has 2 N–H and O–H groups in total. The third-order valence-electron chi connectivity index (χ3n) is 1.85. The molecule has 0 unspecified atom stereocenters. The van der Waals surface area contributed by atoms with Gasteiger partial charge in [0.2, 0.25) is 0 Å². The van der Waals surface area contributed by atoms with E-state index in [9.17, 15) is 0 Å². The summed E-state index contributed by atoms with van der Waals surface area (Å²) in [6.07, 6.45) is 4.86. The maximum atomic E-state index is 5.85. The van der Waals surface area contributed by atoms with Crippen molar-refractivity contribution in [3.8, 4) is 0 Å². The summed E-state index contributed by atoms with van der Waals surface area (Å²) in [6.45, 7) is 4.97. The molecule has 1 rings (SSSR count). The topological polar surface area (TPSA) is 69.6 Å². The predicted octanol–water partition coefficient (Wildman–Crippen LogP) is 0.581. The maximum Gasteiger partial charge on any atom is 0.138 e. The maximum absolute atomic E-state index is 5.85. The standard InChI is InChI=1S/C8H17N5/c1-8(2,9)5-3-4-6-13-7-10-11-12-13/h7H,3-6,9H2,1-2H3. The Bertz CT molecular complexity index is 223. The average Bonchev–Trinajstić information content (AvgIpc) is 2.48. The highest BCUT2D eigenvalue weighted by atomic mass is 15.5. The normalized spacial score (nSPS) is 11.9. The first-order valence-corrected chi connectivity index (χ1v) is 4.57. The second-order valence-corrected chi connectivity index (χ2v) is 4.02. The van der Waals surface area contributed by atoms with Gasteiger partial charge in [0.1, 0.15) is 6.33 Å². The number of nitrogens with zero attached hydrogens (tertiary/aromatic N) is 4. The smallest absolute Gasteiger partial charge is 0.138 e. The molecule has 0 saturated heterocycles. The van der Waals surface area contributed by atoms with Crippen LogP contribution >= 0.6 is 0 Å². The number of unbranched alkanes of at least 4 members (excludes halogenated alkanes) is 1. The lowest BCUT2D eigenvalue weighted by Gasteiger charge is -2.17. The van der Waals surface area contributed by atoms with E-state index in [0.29, 0.717) is 0 Å². The minimum Gasteiger partial charge on any atom is -0.326 e. The second-order valence-electron chi connectivity index (χ2n) is 4.02. The molecular weight excluding hydrogens is 166 g/mol. The Morgan fingerprint density at radius 3 is 2.69 bits per heavy atom. The fraction of sp³-hybridized carbons (Fsp3) is 0.875. The summed E-state index contributed by atoms with van der Waals surface area (Å²) in [4.78, 5) is 0. The summed E-state index contributed by atoms with van der Waals surface area (Å²) in [5.74, 6) is 0. The molecule has 0 bridgehead atoms. The van der Waals surface area contributed by atoms with Crippen molar-refractivity contribution in [1.29, 1.82) is 0 Å². The minimum atomic E-state index is -0.0549. The largest absolute Gasteiger partial charge is 0.326 e. The van der Waals surface area contributed by atoms with Crippen LogP contribution in [0.15, 0.2) is 6.33 Å². The van der Waals surface area contributed by atoms with Gasteiger partial charge in [-0.15, -0.1) is 5.10 Å². The number of aromatic nitrogens is 4. The van der Waals surface area contributed by atoms with Gasteiger partial charge in [-0.1, -0.05) is 0 Å². The lowest BCUT2D eigenvalue weighted by atomic mass is 9.99. The van der Waals surface area contributed by atoms with E-state index >= 15 is 0 Å². The monoisotopic (exact) mass is 183 g/mol. The van der Waals surface area contributed by atoms with Gasteiger partial charge in [-0.3, -0.25) is 0 Å². The number of nitrogens with two attached hydrogens (primary N) is 1. The SMILES string of the molecule is CC(C)(N)CCCCn1cnnn1. The Kier molecular flexibility index (Phi) is 3.36. The van der Waals surface area contributed by atoms with Gasteiger partial charge in [-0.2, -0.15) is 0 Å². The van der Waals surface area contributed by atoms with Gasteiger partial charge in [0.15, 0.2) is 0 Å². The minimum absolute atomic E-state index is 0.0549. The van der Waals surface area contributed by atoms with Crippen LogP contribution < -0.4 is 5.73 Å². The van der Waals surface area contributed by atoms with Crippen LogP contribution in [0.3, 0.4) is 0 Å². The number of aryl methyl sites for hydroxylation is 1. The summed E-state index contributed by atoms with van der Waals surface area (Å²) in [5.41, 5.74) is 5.79. The van der Waals surface area contributed by atoms with E-state index in [-0.39, 0.29) is 5.54 Å². The van der Waals surface area contributed by atoms with E-state index in [1.54, 1.807) is 11.0 Å². The number of tetrazole rings is 1. The van der Waals surface area contributed by atoms with Gasteiger partial charge < -0.3 is 5.73 Å². The molecule has 5 nitrogen and oxygen atoms in total.